The highest BCUT2D eigenvalue weighted by atomic mass is 15.0. The van der Waals surface area contributed by atoms with Crippen LogP contribution < -0.4 is 0 Å². The average Bonchev–Trinajstić information content (AvgIpc) is 3.19. The van der Waals surface area contributed by atoms with Crippen molar-refractivity contribution in [3.63, 3.8) is 0 Å². The van der Waals surface area contributed by atoms with Gasteiger partial charge in [-0.25, -0.2) is 4.98 Å². The molecule has 2 heteroatoms. The minimum Gasteiger partial charge on any atom is -0.333 e. The Bertz CT molecular complexity index is 788. The van der Waals surface area contributed by atoms with Gasteiger partial charge in [0.05, 0.1) is 12.0 Å². The van der Waals surface area contributed by atoms with E-state index in [1.807, 2.05) is 6.33 Å². The van der Waals surface area contributed by atoms with E-state index in [1.165, 1.54) is 35.2 Å². The summed E-state index contributed by atoms with van der Waals surface area (Å²) in [5, 5.41) is 0. The maximum Gasteiger partial charge on any atom is 0.0952 e. The summed E-state index contributed by atoms with van der Waals surface area (Å²) in [4.78, 5) is 4.75. The van der Waals surface area contributed by atoms with E-state index in [2.05, 4.69) is 72.3 Å². The highest BCUT2D eigenvalue weighted by molar-refractivity contribution is 5.41. The third kappa shape index (κ3) is 2.70. The van der Waals surface area contributed by atoms with Crippen LogP contribution in [0, 0.1) is 5.92 Å². The number of hydrogen-bond acceptors (Lipinski definition) is 1. The molecule has 0 aliphatic heterocycles. The van der Waals surface area contributed by atoms with E-state index in [1.54, 1.807) is 0 Å². The van der Waals surface area contributed by atoms with Gasteiger partial charge < -0.3 is 4.57 Å². The zero-order valence-corrected chi connectivity index (χ0v) is 13.5. The molecule has 2 nitrogen and oxygen atoms in total. The molecule has 0 radical (unpaired) electrons. The zero-order valence-electron chi connectivity index (χ0n) is 13.5. The second kappa shape index (κ2) is 6.04. The molecule has 1 aliphatic rings. The smallest absolute Gasteiger partial charge is 0.0952 e. The SMILES string of the molecule is CCC1Cc2ccccc2C1c1cn(Cc2ccccc2)cn1. The number of hydrogen-bond donors (Lipinski definition) is 0. The van der Waals surface area contributed by atoms with E-state index in [4.69, 9.17) is 4.98 Å². The number of aromatic nitrogens is 2. The first-order valence-electron chi connectivity index (χ1n) is 8.48. The predicted molar refractivity (Wildman–Crippen MR) is 93.5 cm³/mol. The maximum atomic E-state index is 4.75. The Hall–Kier alpha value is -2.35. The van der Waals surface area contributed by atoms with Crippen molar-refractivity contribution in [2.75, 3.05) is 0 Å². The number of rotatable bonds is 4. The quantitative estimate of drug-likeness (QED) is 0.686. The van der Waals surface area contributed by atoms with Crippen molar-refractivity contribution in [2.24, 2.45) is 5.92 Å². The Morgan fingerprint density at radius 3 is 2.65 bits per heavy atom. The molecule has 23 heavy (non-hydrogen) atoms. The Morgan fingerprint density at radius 1 is 1.04 bits per heavy atom. The minimum atomic E-state index is 0.452. The van der Waals surface area contributed by atoms with Crippen molar-refractivity contribution < 1.29 is 0 Å². The molecular weight excluding hydrogens is 280 g/mol. The molecule has 0 saturated heterocycles. The zero-order chi connectivity index (χ0) is 15.6. The van der Waals surface area contributed by atoms with Crippen LogP contribution in [0.2, 0.25) is 0 Å². The third-order valence-corrected chi connectivity index (χ3v) is 5.05. The van der Waals surface area contributed by atoms with E-state index in [0.717, 1.165) is 6.54 Å². The molecule has 2 atom stereocenters. The van der Waals surface area contributed by atoms with Crippen LogP contribution in [0.3, 0.4) is 0 Å². The first-order chi connectivity index (χ1) is 11.3. The Morgan fingerprint density at radius 2 is 1.83 bits per heavy atom. The molecule has 0 N–H and O–H groups in total. The normalized spacial score (nSPS) is 19.7. The van der Waals surface area contributed by atoms with E-state index in [-0.39, 0.29) is 0 Å². The summed E-state index contributed by atoms with van der Waals surface area (Å²) in [6.07, 6.45) is 6.60. The van der Waals surface area contributed by atoms with Crippen LogP contribution in [-0.4, -0.2) is 9.55 Å². The second-order valence-electron chi connectivity index (χ2n) is 6.51. The van der Waals surface area contributed by atoms with Gasteiger partial charge in [-0.3, -0.25) is 0 Å². The highest BCUT2D eigenvalue weighted by Crippen LogP contribution is 2.43. The van der Waals surface area contributed by atoms with Crippen LogP contribution in [0.5, 0.6) is 0 Å². The fourth-order valence-corrected chi connectivity index (χ4v) is 3.88. The fourth-order valence-electron chi connectivity index (χ4n) is 3.88. The summed E-state index contributed by atoms with van der Waals surface area (Å²) in [6.45, 7) is 3.18. The first-order valence-corrected chi connectivity index (χ1v) is 8.48. The van der Waals surface area contributed by atoms with Gasteiger partial charge >= 0.3 is 0 Å². The van der Waals surface area contributed by atoms with Gasteiger partial charge in [-0.15, -0.1) is 0 Å². The molecule has 1 heterocycles. The van der Waals surface area contributed by atoms with Gasteiger partial charge in [0, 0.05) is 18.7 Å². The van der Waals surface area contributed by atoms with E-state index < -0.39 is 0 Å². The van der Waals surface area contributed by atoms with Crippen LogP contribution in [-0.2, 0) is 13.0 Å². The molecule has 4 rings (SSSR count). The standard InChI is InChI=1S/C21H22N2/c1-2-17-12-18-10-6-7-11-19(18)21(17)20-14-23(15-22-20)13-16-8-4-3-5-9-16/h3-11,14-15,17,21H,2,12-13H2,1H3. The summed E-state index contributed by atoms with van der Waals surface area (Å²) in [6, 6.07) is 19.4. The van der Waals surface area contributed by atoms with Crippen molar-refractivity contribution >= 4 is 0 Å². The van der Waals surface area contributed by atoms with Crippen LogP contribution in [0.15, 0.2) is 67.1 Å². The molecule has 0 fully saturated rings. The number of benzene rings is 2. The number of nitrogens with zero attached hydrogens (tertiary/aromatic N) is 2. The molecule has 0 saturated carbocycles. The van der Waals surface area contributed by atoms with Crippen molar-refractivity contribution in [1.29, 1.82) is 0 Å². The lowest BCUT2D eigenvalue weighted by molar-refractivity contribution is 0.482. The minimum absolute atomic E-state index is 0.452. The summed E-state index contributed by atoms with van der Waals surface area (Å²) in [5.41, 5.74) is 5.51. The van der Waals surface area contributed by atoms with Crippen molar-refractivity contribution in [2.45, 2.75) is 32.2 Å². The van der Waals surface area contributed by atoms with E-state index >= 15 is 0 Å². The monoisotopic (exact) mass is 302 g/mol. The molecule has 2 aromatic carbocycles. The van der Waals surface area contributed by atoms with Crippen molar-refractivity contribution in [1.82, 2.24) is 9.55 Å². The predicted octanol–water partition coefficient (Wildman–Crippen LogP) is 4.65. The Kier molecular flexibility index (Phi) is 3.74. The van der Waals surface area contributed by atoms with Crippen molar-refractivity contribution in [3.05, 3.63) is 89.5 Å². The molecule has 3 aromatic rings. The van der Waals surface area contributed by atoms with Crippen LogP contribution in [0.4, 0.5) is 0 Å². The Balaban J connectivity index is 1.63. The van der Waals surface area contributed by atoms with Crippen LogP contribution in [0.1, 0.15) is 41.6 Å². The summed E-state index contributed by atoms with van der Waals surface area (Å²) in [7, 11) is 0. The van der Waals surface area contributed by atoms with Crippen LogP contribution >= 0.6 is 0 Å². The molecule has 0 bridgehead atoms. The third-order valence-electron chi connectivity index (χ3n) is 5.05. The Labute approximate surface area is 137 Å². The molecule has 2 unspecified atom stereocenters. The number of fused-ring (bicyclic) bond motifs is 1. The largest absolute Gasteiger partial charge is 0.333 e. The number of imidazole rings is 1. The lowest BCUT2D eigenvalue weighted by Crippen LogP contribution is -2.08. The lowest BCUT2D eigenvalue weighted by Gasteiger charge is -2.16. The molecule has 0 spiro atoms. The molecular formula is C21H22N2. The molecule has 116 valence electrons. The van der Waals surface area contributed by atoms with E-state index in [9.17, 15) is 0 Å². The first kappa shape index (κ1) is 14.3. The fraction of sp³-hybridized carbons (Fsp3) is 0.286. The molecule has 0 amide bonds. The summed E-state index contributed by atoms with van der Waals surface area (Å²) >= 11 is 0. The van der Waals surface area contributed by atoms with Gasteiger partial charge in [-0.2, -0.15) is 0 Å². The molecule has 1 aliphatic carbocycles. The highest BCUT2D eigenvalue weighted by Gasteiger charge is 2.33. The molecule has 1 aromatic heterocycles. The van der Waals surface area contributed by atoms with Crippen LogP contribution in [0.25, 0.3) is 0 Å². The van der Waals surface area contributed by atoms with Gasteiger partial charge in [0.1, 0.15) is 0 Å². The summed E-state index contributed by atoms with van der Waals surface area (Å²) in [5.74, 6) is 1.13. The maximum absolute atomic E-state index is 4.75. The van der Waals surface area contributed by atoms with Gasteiger partial charge in [0.2, 0.25) is 0 Å². The lowest BCUT2D eigenvalue weighted by atomic mass is 9.88. The van der Waals surface area contributed by atoms with Gasteiger partial charge in [-0.05, 0) is 29.0 Å². The van der Waals surface area contributed by atoms with Gasteiger partial charge in [0.15, 0.2) is 0 Å². The van der Waals surface area contributed by atoms with Gasteiger partial charge in [0.25, 0.3) is 0 Å². The van der Waals surface area contributed by atoms with E-state index in [0.29, 0.717) is 11.8 Å². The second-order valence-corrected chi connectivity index (χ2v) is 6.51. The summed E-state index contributed by atoms with van der Waals surface area (Å²) < 4.78 is 2.21. The average molecular weight is 302 g/mol. The van der Waals surface area contributed by atoms with Crippen molar-refractivity contribution in [3.8, 4) is 0 Å². The van der Waals surface area contributed by atoms with Gasteiger partial charge in [-0.1, -0.05) is 67.9 Å². The topological polar surface area (TPSA) is 17.8 Å².